The van der Waals surface area contributed by atoms with Crippen molar-refractivity contribution in [2.45, 2.75) is 32.1 Å². The predicted octanol–water partition coefficient (Wildman–Crippen LogP) is 5.71. The highest BCUT2D eigenvalue weighted by Crippen LogP contribution is 2.25. The Morgan fingerprint density at radius 2 is 1.85 bits per heavy atom. The first-order chi connectivity index (χ1) is 16.8. The molecule has 5 heteroatoms. The van der Waals surface area contributed by atoms with E-state index in [1.165, 1.54) is 19.3 Å². The highest BCUT2D eigenvalue weighted by atomic mass is 16.5. The molecular weight excluding hydrogens is 422 g/mol. The molecule has 1 aliphatic carbocycles. The van der Waals surface area contributed by atoms with Gasteiger partial charge in [0.1, 0.15) is 6.61 Å². The van der Waals surface area contributed by atoms with E-state index in [4.69, 9.17) is 4.74 Å². The van der Waals surface area contributed by atoms with Crippen molar-refractivity contribution in [3.63, 3.8) is 0 Å². The molecule has 1 saturated carbocycles. The average Bonchev–Trinajstić information content (AvgIpc) is 3.44. The minimum Gasteiger partial charge on any atom is -0.475 e. The van der Waals surface area contributed by atoms with Gasteiger partial charge in [0.2, 0.25) is 5.90 Å². The van der Waals surface area contributed by atoms with E-state index in [0.717, 1.165) is 35.2 Å². The monoisotopic (exact) mass is 449 g/mol. The number of anilines is 1. The Bertz CT molecular complexity index is 1270. The molecule has 0 atom stereocenters. The van der Waals surface area contributed by atoms with Gasteiger partial charge in [0.25, 0.3) is 5.91 Å². The van der Waals surface area contributed by atoms with Crippen LogP contribution < -0.4 is 5.32 Å². The second kappa shape index (κ2) is 10.4. The summed E-state index contributed by atoms with van der Waals surface area (Å²) in [7, 11) is 0. The number of ether oxygens (including phenoxy) is 1. The number of carbonyl (C=O) groups excluding carboxylic acids is 1. The molecule has 1 aliphatic heterocycles. The standard InChI is InChI=1S/C29H27N3O2/c33-28(32-27-12-5-4-10-25(27)29-31-18-19-34-29)24-16-15-23(26-11-6-7-17-30-26)20-22(24)14-13-21-8-2-1-3-9-21/h4-7,10-12,15-17,20-21H,1-3,8-9,18-19H2,(H,32,33). The summed E-state index contributed by atoms with van der Waals surface area (Å²) >= 11 is 0. The van der Waals surface area contributed by atoms with Crippen molar-refractivity contribution in [2.24, 2.45) is 10.9 Å². The Labute approximate surface area is 200 Å². The number of nitrogens with zero attached hydrogens (tertiary/aromatic N) is 2. The Morgan fingerprint density at radius 1 is 1.00 bits per heavy atom. The van der Waals surface area contributed by atoms with Crippen molar-refractivity contribution in [2.75, 3.05) is 18.5 Å². The number of nitrogens with one attached hydrogen (secondary N) is 1. The van der Waals surface area contributed by atoms with Crippen LogP contribution in [-0.2, 0) is 4.74 Å². The fraction of sp³-hybridized carbons (Fsp3) is 0.276. The third-order valence-electron chi connectivity index (χ3n) is 6.23. The number of hydrogen-bond donors (Lipinski definition) is 1. The zero-order chi connectivity index (χ0) is 23.2. The molecule has 2 heterocycles. The minimum absolute atomic E-state index is 0.202. The number of carbonyl (C=O) groups is 1. The molecule has 1 amide bonds. The third kappa shape index (κ3) is 5.02. The zero-order valence-electron chi connectivity index (χ0n) is 19.1. The maximum atomic E-state index is 13.4. The highest BCUT2D eigenvalue weighted by molar-refractivity contribution is 6.10. The quantitative estimate of drug-likeness (QED) is 0.519. The summed E-state index contributed by atoms with van der Waals surface area (Å²) in [6, 6.07) is 19.2. The second-order valence-corrected chi connectivity index (χ2v) is 8.61. The van der Waals surface area contributed by atoms with Crippen molar-refractivity contribution in [3.8, 4) is 23.1 Å². The number of pyridine rings is 1. The van der Waals surface area contributed by atoms with Gasteiger partial charge < -0.3 is 10.1 Å². The number of amides is 1. The van der Waals surface area contributed by atoms with Crippen LogP contribution in [0.3, 0.4) is 0 Å². The molecular formula is C29H27N3O2. The van der Waals surface area contributed by atoms with Crippen LogP contribution in [-0.4, -0.2) is 29.9 Å². The van der Waals surface area contributed by atoms with Gasteiger partial charge in [-0.2, -0.15) is 0 Å². The number of rotatable bonds is 4. The normalized spacial score (nSPS) is 15.6. The molecule has 0 spiro atoms. The van der Waals surface area contributed by atoms with Crippen LogP contribution >= 0.6 is 0 Å². The summed E-state index contributed by atoms with van der Waals surface area (Å²) < 4.78 is 5.63. The van der Waals surface area contributed by atoms with E-state index in [2.05, 4.69) is 27.1 Å². The SMILES string of the molecule is O=C(Nc1ccccc1C1=NCCO1)c1ccc(-c2ccccn2)cc1C#CC1CCCCC1. The number of hydrogen-bond acceptors (Lipinski definition) is 4. The number of aliphatic imine (C=N–C) groups is 1. The summed E-state index contributed by atoms with van der Waals surface area (Å²) in [4.78, 5) is 22.3. The third-order valence-corrected chi connectivity index (χ3v) is 6.23. The molecule has 5 rings (SSSR count). The molecule has 3 aromatic rings. The lowest BCUT2D eigenvalue weighted by molar-refractivity contribution is 0.102. The van der Waals surface area contributed by atoms with Gasteiger partial charge in [-0.3, -0.25) is 9.78 Å². The molecule has 170 valence electrons. The van der Waals surface area contributed by atoms with Gasteiger partial charge in [0, 0.05) is 23.2 Å². The van der Waals surface area contributed by atoms with E-state index in [1.807, 2.05) is 60.7 Å². The van der Waals surface area contributed by atoms with E-state index in [1.54, 1.807) is 6.20 Å². The summed E-state index contributed by atoms with van der Waals surface area (Å²) in [6.07, 6.45) is 7.77. The summed E-state index contributed by atoms with van der Waals surface area (Å²) in [6.45, 7) is 1.20. The lowest BCUT2D eigenvalue weighted by Gasteiger charge is -2.16. The van der Waals surface area contributed by atoms with E-state index >= 15 is 0 Å². The van der Waals surface area contributed by atoms with Gasteiger partial charge >= 0.3 is 0 Å². The summed E-state index contributed by atoms with van der Waals surface area (Å²) in [5.41, 5.74) is 4.53. The average molecular weight is 450 g/mol. The molecule has 0 bridgehead atoms. The molecule has 0 radical (unpaired) electrons. The van der Waals surface area contributed by atoms with Gasteiger partial charge in [-0.05, 0) is 49.2 Å². The van der Waals surface area contributed by atoms with Crippen LogP contribution in [0.5, 0.6) is 0 Å². The molecule has 5 nitrogen and oxygen atoms in total. The fourth-order valence-corrected chi connectivity index (χ4v) is 4.43. The predicted molar refractivity (Wildman–Crippen MR) is 135 cm³/mol. The van der Waals surface area contributed by atoms with Crippen LogP contribution in [0.1, 0.15) is 53.6 Å². The maximum Gasteiger partial charge on any atom is 0.256 e. The summed E-state index contributed by atoms with van der Waals surface area (Å²) in [5.74, 6) is 7.54. The molecule has 0 saturated heterocycles. The molecule has 1 N–H and O–H groups in total. The highest BCUT2D eigenvalue weighted by Gasteiger charge is 2.18. The van der Waals surface area contributed by atoms with Crippen LogP contribution in [0.4, 0.5) is 5.69 Å². The van der Waals surface area contributed by atoms with Crippen LogP contribution in [0.15, 0.2) is 71.9 Å². The Balaban J connectivity index is 1.48. The second-order valence-electron chi connectivity index (χ2n) is 8.61. The van der Waals surface area contributed by atoms with Crippen molar-refractivity contribution < 1.29 is 9.53 Å². The Hall–Kier alpha value is -3.91. The molecule has 0 unspecified atom stereocenters. The van der Waals surface area contributed by atoms with Gasteiger partial charge in [-0.15, -0.1) is 0 Å². The van der Waals surface area contributed by atoms with Crippen LogP contribution in [0.2, 0.25) is 0 Å². The first kappa shape index (κ1) is 21.9. The zero-order valence-corrected chi connectivity index (χ0v) is 19.1. The number of benzene rings is 2. The van der Waals surface area contributed by atoms with Crippen LogP contribution in [0.25, 0.3) is 11.3 Å². The van der Waals surface area contributed by atoms with Gasteiger partial charge in [0.05, 0.1) is 29.1 Å². The molecule has 34 heavy (non-hydrogen) atoms. The van der Waals surface area contributed by atoms with E-state index in [-0.39, 0.29) is 5.91 Å². The fourth-order valence-electron chi connectivity index (χ4n) is 4.43. The largest absolute Gasteiger partial charge is 0.475 e. The van der Waals surface area contributed by atoms with Gasteiger partial charge in [-0.1, -0.05) is 55.4 Å². The smallest absolute Gasteiger partial charge is 0.256 e. The van der Waals surface area contributed by atoms with Crippen molar-refractivity contribution in [1.82, 2.24) is 4.98 Å². The van der Waals surface area contributed by atoms with E-state index < -0.39 is 0 Å². The first-order valence-corrected chi connectivity index (χ1v) is 11.9. The molecule has 2 aromatic carbocycles. The lowest BCUT2D eigenvalue weighted by atomic mass is 9.89. The van der Waals surface area contributed by atoms with Crippen molar-refractivity contribution >= 4 is 17.5 Å². The van der Waals surface area contributed by atoms with Crippen LogP contribution in [0, 0.1) is 17.8 Å². The number of aromatic nitrogens is 1. The maximum absolute atomic E-state index is 13.4. The van der Waals surface area contributed by atoms with Crippen molar-refractivity contribution in [3.05, 3.63) is 83.6 Å². The molecule has 2 aliphatic rings. The van der Waals surface area contributed by atoms with Gasteiger partial charge in [0.15, 0.2) is 0 Å². The van der Waals surface area contributed by atoms with E-state index in [0.29, 0.717) is 36.2 Å². The van der Waals surface area contributed by atoms with Crippen molar-refractivity contribution in [1.29, 1.82) is 0 Å². The molecule has 1 fully saturated rings. The first-order valence-electron chi connectivity index (χ1n) is 11.9. The minimum atomic E-state index is -0.202. The number of para-hydroxylation sites is 1. The van der Waals surface area contributed by atoms with E-state index in [9.17, 15) is 4.79 Å². The lowest BCUT2D eigenvalue weighted by Crippen LogP contribution is -2.16. The Kier molecular flexibility index (Phi) is 6.67. The summed E-state index contributed by atoms with van der Waals surface area (Å²) in [5, 5.41) is 3.06. The van der Waals surface area contributed by atoms with Gasteiger partial charge in [-0.25, -0.2) is 4.99 Å². The molecule has 1 aromatic heterocycles. The topological polar surface area (TPSA) is 63.6 Å². The Morgan fingerprint density at radius 3 is 2.65 bits per heavy atom.